The van der Waals surface area contributed by atoms with Crippen LogP contribution >= 0.6 is 15.9 Å². The molecular formula is C20H14BrN3O6. The number of carbonyl (C=O) groups is 1. The van der Waals surface area contributed by atoms with Crippen molar-refractivity contribution in [3.8, 4) is 0 Å². The van der Waals surface area contributed by atoms with Crippen LogP contribution < -0.4 is 5.56 Å². The van der Waals surface area contributed by atoms with Crippen molar-refractivity contribution in [1.29, 1.82) is 0 Å². The Morgan fingerprint density at radius 1 is 1.27 bits per heavy atom. The zero-order chi connectivity index (χ0) is 21.4. The molecule has 152 valence electrons. The highest BCUT2D eigenvalue weighted by molar-refractivity contribution is 9.10. The molecule has 0 fully saturated rings. The molecule has 30 heavy (non-hydrogen) atoms. The molecule has 9 nitrogen and oxygen atoms in total. The van der Waals surface area contributed by atoms with Gasteiger partial charge in [0.2, 0.25) is 5.76 Å². The summed E-state index contributed by atoms with van der Waals surface area (Å²) < 4.78 is 12.8. The number of non-ortho nitro benzene ring substituents is 1. The van der Waals surface area contributed by atoms with E-state index < -0.39 is 16.5 Å². The van der Waals surface area contributed by atoms with Crippen LogP contribution in [-0.2, 0) is 11.3 Å². The summed E-state index contributed by atoms with van der Waals surface area (Å²) in [6.07, 6.45) is 1.34. The summed E-state index contributed by atoms with van der Waals surface area (Å²) in [5.41, 5.74) is 0.589. The number of fused-ring (bicyclic) bond motifs is 2. The van der Waals surface area contributed by atoms with Crippen LogP contribution in [-0.4, -0.2) is 27.1 Å². The average Bonchev–Trinajstić information content (AvgIpc) is 3.07. The Labute approximate surface area is 177 Å². The van der Waals surface area contributed by atoms with E-state index in [1.807, 2.05) is 0 Å². The van der Waals surface area contributed by atoms with Crippen molar-refractivity contribution in [2.75, 3.05) is 6.61 Å². The van der Waals surface area contributed by atoms with E-state index in [-0.39, 0.29) is 30.0 Å². The summed E-state index contributed by atoms with van der Waals surface area (Å²) in [4.78, 5) is 40.1. The largest absolute Gasteiger partial charge is 0.460 e. The van der Waals surface area contributed by atoms with Crippen LogP contribution in [0.5, 0.6) is 0 Å². The first-order valence-corrected chi connectivity index (χ1v) is 9.70. The molecule has 0 spiro atoms. The lowest BCUT2D eigenvalue weighted by Gasteiger charge is -2.08. The smallest absolute Gasteiger partial charge is 0.374 e. The maximum Gasteiger partial charge on any atom is 0.374 e. The topological polar surface area (TPSA) is 117 Å². The van der Waals surface area contributed by atoms with Crippen molar-refractivity contribution in [2.45, 2.75) is 13.5 Å². The number of esters is 1. The summed E-state index contributed by atoms with van der Waals surface area (Å²) in [6.45, 7) is 1.82. The lowest BCUT2D eigenvalue weighted by Crippen LogP contribution is -2.22. The quantitative estimate of drug-likeness (QED) is 0.244. The lowest BCUT2D eigenvalue weighted by molar-refractivity contribution is -0.384. The fourth-order valence-corrected chi connectivity index (χ4v) is 3.54. The van der Waals surface area contributed by atoms with Gasteiger partial charge in [-0.15, -0.1) is 0 Å². The predicted octanol–water partition coefficient (Wildman–Crippen LogP) is 4.04. The van der Waals surface area contributed by atoms with Crippen LogP contribution in [0.3, 0.4) is 0 Å². The molecule has 4 rings (SSSR count). The van der Waals surface area contributed by atoms with Gasteiger partial charge in [0.15, 0.2) is 0 Å². The van der Waals surface area contributed by atoms with E-state index in [1.54, 1.807) is 25.1 Å². The Morgan fingerprint density at radius 2 is 2.07 bits per heavy atom. The molecule has 0 atom stereocenters. The molecular weight excluding hydrogens is 458 g/mol. The second-order valence-electron chi connectivity index (χ2n) is 6.41. The predicted molar refractivity (Wildman–Crippen MR) is 112 cm³/mol. The first-order valence-electron chi connectivity index (χ1n) is 8.90. The van der Waals surface area contributed by atoms with E-state index in [9.17, 15) is 19.7 Å². The number of ether oxygens (including phenoxy) is 1. The van der Waals surface area contributed by atoms with E-state index in [0.29, 0.717) is 22.0 Å². The summed E-state index contributed by atoms with van der Waals surface area (Å²) in [6, 6.07) is 9.16. The molecule has 10 heteroatoms. The van der Waals surface area contributed by atoms with Crippen LogP contribution in [0.15, 0.2) is 56.4 Å². The lowest BCUT2D eigenvalue weighted by atomic mass is 10.1. The number of nitro groups is 1. The first kappa shape index (κ1) is 19.8. The molecule has 2 aromatic carbocycles. The van der Waals surface area contributed by atoms with E-state index in [1.165, 1.54) is 29.1 Å². The van der Waals surface area contributed by atoms with Gasteiger partial charge in [0.05, 0.1) is 35.3 Å². The highest BCUT2D eigenvalue weighted by Crippen LogP contribution is 2.30. The minimum atomic E-state index is -0.641. The number of nitrogens with zero attached hydrogens (tertiary/aromatic N) is 3. The van der Waals surface area contributed by atoms with Crippen LogP contribution in [0.1, 0.15) is 23.0 Å². The van der Waals surface area contributed by atoms with E-state index in [4.69, 9.17) is 9.15 Å². The van der Waals surface area contributed by atoms with Gasteiger partial charge in [0, 0.05) is 27.6 Å². The average molecular weight is 472 g/mol. The number of benzene rings is 2. The summed E-state index contributed by atoms with van der Waals surface area (Å²) >= 11 is 3.40. The van der Waals surface area contributed by atoms with E-state index >= 15 is 0 Å². The maximum absolute atomic E-state index is 13.0. The standard InChI is InChI=1S/C20H14BrN3O6/c1-2-29-20(26)18-15(13-7-11(21)3-6-17(13)30-18)9-23-10-22-16-5-4-12(24(27)28)8-14(16)19(23)25/h3-8,10H,2,9H2,1H3. The van der Waals surface area contributed by atoms with Crippen LogP contribution in [0.25, 0.3) is 21.9 Å². The SMILES string of the molecule is CCOC(=O)c1oc2ccc(Br)cc2c1Cn1cnc2ccc([N+](=O)[O-])cc2c1=O. The van der Waals surface area contributed by atoms with Gasteiger partial charge >= 0.3 is 5.97 Å². The van der Waals surface area contributed by atoms with Crippen LogP contribution in [0.4, 0.5) is 5.69 Å². The maximum atomic E-state index is 13.0. The minimum absolute atomic E-state index is 0.00371. The van der Waals surface area contributed by atoms with Crippen molar-refractivity contribution in [1.82, 2.24) is 9.55 Å². The number of halogens is 1. The van der Waals surface area contributed by atoms with Crippen molar-refractivity contribution < 1.29 is 18.9 Å². The third-order valence-electron chi connectivity index (χ3n) is 4.56. The number of hydrogen-bond acceptors (Lipinski definition) is 7. The number of furan rings is 1. The van der Waals surface area contributed by atoms with Gasteiger partial charge in [0.25, 0.3) is 11.2 Å². The molecule has 0 N–H and O–H groups in total. The van der Waals surface area contributed by atoms with Gasteiger partial charge < -0.3 is 9.15 Å². The fraction of sp³-hybridized carbons (Fsp3) is 0.150. The number of rotatable bonds is 5. The normalized spacial score (nSPS) is 11.1. The highest BCUT2D eigenvalue weighted by Gasteiger charge is 2.23. The van der Waals surface area contributed by atoms with Gasteiger partial charge in [-0.1, -0.05) is 15.9 Å². The number of hydrogen-bond donors (Lipinski definition) is 0. The number of carbonyl (C=O) groups excluding carboxylic acids is 1. The van der Waals surface area contributed by atoms with Crippen molar-refractivity contribution in [2.24, 2.45) is 0 Å². The van der Waals surface area contributed by atoms with Crippen molar-refractivity contribution in [3.05, 3.63) is 79.0 Å². The van der Waals surface area contributed by atoms with Crippen molar-refractivity contribution in [3.63, 3.8) is 0 Å². The number of aromatic nitrogens is 2. The van der Waals surface area contributed by atoms with Gasteiger partial charge in [-0.3, -0.25) is 19.5 Å². The summed E-state index contributed by atoms with van der Waals surface area (Å²) in [5.74, 6) is -0.645. The molecule has 0 aliphatic heterocycles. The van der Waals surface area contributed by atoms with Crippen LogP contribution in [0, 0.1) is 10.1 Å². The molecule has 0 aliphatic carbocycles. The zero-order valence-corrected chi connectivity index (χ0v) is 17.2. The molecule has 4 aromatic rings. The van der Waals surface area contributed by atoms with Gasteiger partial charge in [-0.25, -0.2) is 9.78 Å². The molecule has 0 saturated carbocycles. The third-order valence-corrected chi connectivity index (χ3v) is 5.05. The number of nitro benzene ring substituents is 1. The molecule has 0 aliphatic rings. The molecule has 0 bridgehead atoms. The second-order valence-corrected chi connectivity index (χ2v) is 7.32. The Hall–Kier alpha value is -3.53. The highest BCUT2D eigenvalue weighted by atomic mass is 79.9. The summed E-state index contributed by atoms with van der Waals surface area (Å²) in [7, 11) is 0. The molecule has 2 aromatic heterocycles. The van der Waals surface area contributed by atoms with E-state index in [0.717, 1.165) is 4.47 Å². The molecule has 0 radical (unpaired) electrons. The third kappa shape index (κ3) is 3.45. The monoisotopic (exact) mass is 471 g/mol. The molecule has 2 heterocycles. The Balaban J connectivity index is 1.88. The van der Waals surface area contributed by atoms with E-state index in [2.05, 4.69) is 20.9 Å². The molecule has 0 amide bonds. The van der Waals surface area contributed by atoms with Gasteiger partial charge in [-0.2, -0.15) is 0 Å². The summed E-state index contributed by atoms with van der Waals surface area (Å²) in [5, 5.41) is 11.8. The van der Waals surface area contributed by atoms with Crippen LogP contribution in [0.2, 0.25) is 0 Å². The second kappa shape index (κ2) is 7.71. The zero-order valence-electron chi connectivity index (χ0n) is 15.6. The minimum Gasteiger partial charge on any atom is -0.460 e. The van der Waals surface area contributed by atoms with Crippen molar-refractivity contribution >= 4 is 49.5 Å². The fourth-order valence-electron chi connectivity index (χ4n) is 3.18. The van der Waals surface area contributed by atoms with Gasteiger partial charge in [0.1, 0.15) is 5.58 Å². The Morgan fingerprint density at radius 3 is 2.80 bits per heavy atom. The molecule has 0 unspecified atom stereocenters. The Kier molecular flexibility index (Phi) is 5.08. The first-order chi connectivity index (χ1) is 14.4. The van der Waals surface area contributed by atoms with Gasteiger partial charge in [-0.05, 0) is 31.2 Å². The molecule has 0 saturated heterocycles. The Bertz CT molecular complexity index is 1370.